The van der Waals surface area contributed by atoms with Crippen LogP contribution in [0.1, 0.15) is 17.5 Å². The van der Waals surface area contributed by atoms with Crippen LogP contribution in [-0.4, -0.2) is 34.4 Å². The lowest BCUT2D eigenvalue weighted by Crippen LogP contribution is -2.50. The number of nitrogens with zero attached hydrogens (tertiary/aromatic N) is 2. The largest absolute Gasteiger partial charge is 0.358 e. The molecular weight excluding hydrogens is 473 g/mol. The van der Waals surface area contributed by atoms with Crippen molar-refractivity contribution in [1.29, 1.82) is 0 Å². The molecule has 174 valence electrons. The molecule has 34 heavy (non-hydrogen) atoms. The predicted octanol–water partition coefficient (Wildman–Crippen LogP) is 4.73. The van der Waals surface area contributed by atoms with E-state index in [1.807, 2.05) is 54.6 Å². The number of anilines is 1. The fraction of sp³-hybridized carbons (Fsp3) is 0.192. The van der Waals surface area contributed by atoms with Crippen LogP contribution in [0.3, 0.4) is 0 Å². The SMILES string of the molecule is O=C1CC(N(CCc2ccc(Cl)cc2)C(=S)NCc2ccccc2)C(=O)N1c1ccc(F)cc1. The molecule has 3 aromatic rings. The fourth-order valence-corrected chi connectivity index (χ4v) is 4.31. The second kappa shape index (κ2) is 10.8. The molecule has 0 radical (unpaired) electrons. The van der Waals surface area contributed by atoms with Crippen LogP contribution in [0, 0.1) is 5.82 Å². The maximum absolute atomic E-state index is 13.4. The number of nitrogens with one attached hydrogen (secondary N) is 1. The van der Waals surface area contributed by atoms with Gasteiger partial charge in [0, 0.05) is 18.1 Å². The molecule has 1 heterocycles. The monoisotopic (exact) mass is 495 g/mol. The minimum absolute atomic E-state index is 0.00994. The molecular formula is C26H23ClFN3O2S. The number of rotatable bonds is 7. The minimum atomic E-state index is -0.749. The summed E-state index contributed by atoms with van der Waals surface area (Å²) in [6.07, 6.45) is 0.600. The Kier molecular flexibility index (Phi) is 7.55. The third-order valence-electron chi connectivity index (χ3n) is 5.69. The van der Waals surface area contributed by atoms with E-state index in [4.69, 9.17) is 23.8 Å². The van der Waals surface area contributed by atoms with Crippen LogP contribution in [0.4, 0.5) is 10.1 Å². The van der Waals surface area contributed by atoms with Crippen molar-refractivity contribution >= 4 is 46.4 Å². The molecule has 1 N–H and O–H groups in total. The number of benzene rings is 3. The van der Waals surface area contributed by atoms with Crippen LogP contribution in [0.2, 0.25) is 5.02 Å². The topological polar surface area (TPSA) is 52.7 Å². The van der Waals surface area contributed by atoms with Gasteiger partial charge in [-0.05, 0) is 66.2 Å². The standard InChI is InChI=1S/C26H23ClFN3O2S/c27-20-8-6-18(7-9-20)14-15-30(26(34)29-17-19-4-2-1-3-5-19)23-16-24(32)31(25(23)33)22-12-10-21(28)11-13-22/h1-13,23H,14-17H2,(H,29,34). The number of amides is 2. The van der Waals surface area contributed by atoms with Gasteiger partial charge in [0.2, 0.25) is 5.91 Å². The van der Waals surface area contributed by atoms with Crippen molar-refractivity contribution in [2.24, 2.45) is 0 Å². The van der Waals surface area contributed by atoms with Gasteiger partial charge in [-0.2, -0.15) is 0 Å². The molecule has 1 saturated heterocycles. The summed E-state index contributed by atoms with van der Waals surface area (Å²) in [4.78, 5) is 29.0. The number of carbonyl (C=O) groups is 2. The molecule has 0 aromatic heterocycles. The first-order valence-electron chi connectivity index (χ1n) is 10.9. The molecule has 1 fully saturated rings. The number of carbonyl (C=O) groups excluding carboxylic acids is 2. The smallest absolute Gasteiger partial charge is 0.257 e. The van der Waals surface area contributed by atoms with Gasteiger partial charge in [0.1, 0.15) is 11.9 Å². The Morgan fingerprint density at radius 1 is 1.00 bits per heavy atom. The lowest BCUT2D eigenvalue weighted by atomic mass is 10.1. The zero-order valence-electron chi connectivity index (χ0n) is 18.3. The van der Waals surface area contributed by atoms with E-state index >= 15 is 0 Å². The summed E-state index contributed by atoms with van der Waals surface area (Å²) >= 11 is 11.7. The highest BCUT2D eigenvalue weighted by molar-refractivity contribution is 7.80. The van der Waals surface area contributed by atoms with Gasteiger partial charge in [0.15, 0.2) is 5.11 Å². The van der Waals surface area contributed by atoms with Crippen molar-refractivity contribution in [2.75, 3.05) is 11.4 Å². The number of imide groups is 1. The van der Waals surface area contributed by atoms with Gasteiger partial charge >= 0.3 is 0 Å². The fourth-order valence-electron chi connectivity index (χ4n) is 3.90. The number of thiocarbonyl (C=S) groups is 1. The molecule has 1 atom stereocenters. The molecule has 4 rings (SSSR count). The van der Waals surface area contributed by atoms with Crippen LogP contribution in [0.25, 0.3) is 0 Å². The maximum Gasteiger partial charge on any atom is 0.257 e. The Morgan fingerprint density at radius 3 is 2.35 bits per heavy atom. The Balaban J connectivity index is 1.53. The number of hydrogen-bond acceptors (Lipinski definition) is 3. The summed E-state index contributed by atoms with van der Waals surface area (Å²) in [5.74, 6) is -1.16. The van der Waals surface area contributed by atoms with Crippen molar-refractivity contribution in [3.63, 3.8) is 0 Å². The van der Waals surface area contributed by atoms with Crippen molar-refractivity contribution in [1.82, 2.24) is 10.2 Å². The summed E-state index contributed by atoms with van der Waals surface area (Å²) in [7, 11) is 0. The normalized spacial score (nSPS) is 15.5. The molecule has 8 heteroatoms. The first-order valence-corrected chi connectivity index (χ1v) is 11.7. The van der Waals surface area contributed by atoms with Crippen molar-refractivity contribution < 1.29 is 14.0 Å². The molecule has 0 saturated carbocycles. The van der Waals surface area contributed by atoms with E-state index in [1.165, 1.54) is 24.3 Å². The number of hydrogen-bond donors (Lipinski definition) is 1. The molecule has 1 aliphatic rings. The van der Waals surface area contributed by atoms with E-state index in [0.29, 0.717) is 35.3 Å². The summed E-state index contributed by atoms with van der Waals surface area (Å²) in [6, 6.07) is 21.8. The maximum atomic E-state index is 13.4. The second-order valence-electron chi connectivity index (χ2n) is 7.98. The minimum Gasteiger partial charge on any atom is -0.358 e. The molecule has 0 spiro atoms. The van der Waals surface area contributed by atoms with Gasteiger partial charge in [0.25, 0.3) is 5.91 Å². The third kappa shape index (κ3) is 5.61. The molecule has 2 amide bonds. The summed E-state index contributed by atoms with van der Waals surface area (Å²) in [5.41, 5.74) is 2.43. The van der Waals surface area contributed by atoms with Crippen LogP contribution in [0.5, 0.6) is 0 Å². The molecule has 1 aliphatic heterocycles. The highest BCUT2D eigenvalue weighted by Gasteiger charge is 2.43. The van der Waals surface area contributed by atoms with Gasteiger partial charge in [-0.15, -0.1) is 0 Å². The van der Waals surface area contributed by atoms with E-state index in [0.717, 1.165) is 16.0 Å². The second-order valence-corrected chi connectivity index (χ2v) is 8.80. The van der Waals surface area contributed by atoms with E-state index in [1.54, 1.807) is 4.90 Å². The third-order valence-corrected chi connectivity index (χ3v) is 6.32. The van der Waals surface area contributed by atoms with Crippen molar-refractivity contribution in [3.05, 3.63) is 101 Å². The highest BCUT2D eigenvalue weighted by Crippen LogP contribution is 2.26. The van der Waals surface area contributed by atoms with Crippen LogP contribution in [0.15, 0.2) is 78.9 Å². The van der Waals surface area contributed by atoms with Gasteiger partial charge in [-0.25, -0.2) is 9.29 Å². The first-order chi connectivity index (χ1) is 16.4. The molecule has 5 nitrogen and oxygen atoms in total. The van der Waals surface area contributed by atoms with Gasteiger partial charge in [0.05, 0.1) is 12.1 Å². The Bertz CT molecular complexity index is 1170. The summed E-state index contributed by atoms with van der Waals surface area (Å²) in [6.45, 7) is 0.927. The molecule has 0 aliphatic carbocycles. The Labute approximate surface area is 208 Å². The van der Waals surface area contributed by atoms with E-state index in [2.05, 4.69) is 5.32 Å². The lowest BCUT2D eigenvalue weighted by Gasteiger charge is -2.30. The lowest BCUT2D eigenvalue weighted by molar-refractivity contribution is -0.122. The highest BCUT2D eigenvalue weighted by atomic mass is 35.5. The quantitative estimate of drug-likeness (QED) is 0.379. The average Bonchev–Trinajstić information content (AvgIpc) is 3.14. The predicted molar refractivity (Wildman–Crippen MR) is 135 cm³/mol. The van der Waals surface area contributed by atoms with Crippen LogP contribution >= 0.6 is 23.8 Å². The molecule has 0 bridgehead atoms. The van der Waals surface area contributed by atoms with Crippen LogP contribution in [-0.2, 0) is 22.6 Å². The zero-order valence-corrected chi connectivity index (χ0v) is 19.9. The van der Waals surface area contributed by atoms with Crippen LogP contribution < -0.4 is 10.2 Å². The van der Waals surface area contributed by atoms with E-state index < -0.39 is 11.9 Å². The van der Waals surface area contributed by atoms with Gasteiger partial charge in [-0.3, -0.25) is 9.59 Å². The van der Waals surface area contributed by atoms with Crippen molar-refractivity contribution in [2.45, 2.75) is 25.4 Å². The Morgan fingerprint density at radius 2 is 1.68 bits per heavy atom. The van der Waals surface area contributed by atoms with Gasteiger partial charge < -0.3 is 10.2 Å². The average molecular weight is 496 g/mol. The Hall–Kier alpha value is -3.29. The van der Waals surface area contributed by atoms with Crippen molar-refractivity contribution in [3.8, 4) is 0 Å². The summed E-state index contributed by atoms with van der Waals surface area (Å²) in [5, 5.41) is 4.26. The van der Waals surface area contributed by atoms with Gasteiger partial charge in [-0.1, -0.05) is 54.1 Å². The molecule has 3 aromatic carbocycles. The zero-order chi connectivity index (χ0) is 24.1. The van der Waals surface area contributed by atoms with E-state index in [-0.39, 0.29) is 18.2 Å². The summed E-state index contributed by atoms with van der Waals surface area (Å²) < 4.78 is 13.4. The number of halogens is 2. The first kappa shape index (κ1) is 23.9. The van der Waals surface area contributed by atoms with E-state index in [9.17, 15) is 14.0 Å². The molecule has 1 unspecified atom stereocenters.